The first kappa shape index (κ1) is 14.9. The number of ether oxygens (including phenoxy) is 1. The Morgan fingerprint density at radius 2 is 1.86 bits per heavy atom. The smallest absolute Gasteiger partial charge is 0.194 e. The van der Waals surface area contributed by atoms with Gasteiger partial charge in [-0.2, -0.15) is 0 Å². The predicted molar refractivity (Wildman–Crippen MR) is 71.2 cm³/mol. The number of rotatable bonds is 2. The third-order valence-electron chi connectivity index (χ3n) is 4.88. The van der Waals surface area contributed by atoms with Crippen LogP contribution in [0.15, 0.2) is 12.1 Å². The van der Waals surface area contributed by atoms with E-state index in [2.05, 4.69) is 0 Å². The molecule has 1 saturated heterocycles. The molecule has 2 aliphatic rings. The van der Waals surface area contributed by atoms with Gasteiger partial charge in [0.05, 0.1) is 11.7 Å². The average molecular weight is 300 g/mol. The molecule has 1 N–H and O–H groups in total. The van der Waals surface area contributed by atoms with Crippen molar-refractivity contribution >= 4 is 0 Å². The molecule has 1 aromatic carbocycles. The zero-order chi connectivity index (χ0) is 15.0. The molecule has 3 rings (SSSR count). The molecule has 1 saturated carbocycles. The van der Waals surface area contributed by atoms with Gasteiger partial charge in [0.1, 0.15) is 0 Å². The summed E-state index contributed by atoms with van der Waals surface area (Å²) < 4.78 is 46.0. The van der Waals surface area contributed by atoms with Gasteiger partial charge in [0, 0.05) is 12.2 Å². The first-order chi connectivity index (χ1) is 10.0. The van der Waals surface area contributed by atoms with Crippen LogP contribution in [0.25, 0.3) is 0 Å². The lowest BCUT2D eigenvalue weighted by Crippen LogP contribution is -2.39. The Bertz CT molecular complexity index is 526. The highest BCUT2D eigenvalue weighted by Crippen LogP contribution is 2.45. The van der Waals surface area contributed by atoms with E-state index < -0.39 is 23.6 Å². The summed E-state index contributed by atoms with van der Waals surface area (Å²) in [7, 11) is 0. The van der Waals surface area contributed by atoms with Gasteiger partial charge in [-0.15, -0.1) is 0 Å². The summed E-state index contributed by atoms with van der Waals surface area (Å²) >= 11 is 0. The molecule has 0 radical (unpaired) electrons. The minimum absolute atomic E-state index is 0.158. The molecule has 1 heterocycles. The molecule has 2 nitrogen and oxygen atoms in total. The van der Waals surface area contributed by atoms with Crippen LogP contribution in [0, 0.1) is 23.4 Å². The van der Waals surface area contributed by atoms with Crippen molar-refractivity contribution in [3.8, 4) is 0 Å². The maximum Gasteiger partial charge on any atom is 0.194 e. The highest BCUT2D eigenvalue weighted by atomic mass is 19.2. The lowest BCUT2D eigenvalue weighted by atomic mass is 9.79. The van der Waals surface area contributed by atoms with Crippen LogP contribution in [0.2, 0.25) is 0 Å². The van der Waals surface area contributed by atoms with Crippen molar-refractivity contribution in [2.75, 3.05) is 6.61 Å². The van der Waals surface area contributed by atoms with E-state index in [1.54, 1.807) is 0 Å². The summed E-state index contributed by atoms with van der Waals surface area (Å²) in [6.07, 6.45) is 4.23. The fraction of sp³-hybridized carbons (Fsp3) is 0.625. The number of benzene rings is 1. The Balaban J connectivity index is 1.81. The van der Waals surface area contributed by atoms with E-state index in [9.17, 15) is 18.3 Å². The van der Waals surface area contributed by atoms with E-state index in [1.807, 2.05) is 0 Å². The molecule has 0 bridgehead atoms. The molecule has 5 heteroatoms. The molecule has 0 aromatic heterocycles. The van der Waals surface area contributed by atoms with Gasteiger partial charge in [0.25, 0.3) is 0 Å². The third-order valence-corrected chi connectivity index (χ3v) is 4.88. The third kappa shape index (κ3) is 2.69. The van der Waals surface area contributed by atoms with Gasteiger partial charge in [-0.05, 0) is 37.7 Å². The number of halogens is 3. The van der Waals surface area contributed by atoms with Gasteiger partial charge >= 0.3 is 0 Å². The van der Waals surface area contributed by atoms with E-state index in [1.165, 1.54) is 0 Å². The minimum Gasteiger partial charge on any atom is -0.388 e. The van der Waals surface area contributed by atoms with Crippen LogP contribution in [-0.4, -0.2) is 17.3 Å². The Morgan fingerprint density at radius 1 is 1.14 bits per heavy atom. The monoisotopic (exact) mass is 300 g/mol. The molecule has 2 atom stereocenters. The number of aliphatic hydroxyl groups excluding tert-OH is 1. The van der Waals surface area contributed by atoms with Crippen LogP contribution >= 0.6 is 0 Å². The second kappa shape index (κ2) is 5.61. The maximum atomic E-state index is 13.8. The van der Waals surface area contributed by atoms with Crippen molar-refractivity contribution in [3.05, 3.63) is 35.1 Å². The predicted octanol–water partition coefficient (Wildman–Crippen LogP) is 3.88. The zero-order valence-electron chi connectivity index (χ0n) is 11.7. The summed E-state index contributed by atoms with van der Waals surface area (Å²) in [5.74, 6) is -4.22. The SMILES string of the molecule is OC(c1ccc(F)c(F)c1F)C1CCOC2(CCCC2)C1. The van der Waals surface area contributed by atoms with E-state index in [4.69, 9.17) is 4.74 Å². The van der Waals surface area contributed by atoms with Crippen molar-refractivity contribution in [1.82, 2.24) is 0 Å². The van der Waals surface area contributed by atoms with Gasteiger partial charge in [-0.3, -0.25) is 0 Å². The topological polar surface area (TPSA) is 29.5 Å². The molecule has 21 heavy (non-hydrogen) atoms. The molecule has 2 fully saturated rings. The highest BCUT2D eigenvalue weighted by Gasteiger charge is 2.42. The number of hydrogen-bond acceptors (Lipinski definition) is 2. The van der Waals surface area contributed by atoms with Gasteiger partial charge in [0.15, 0.2) is 17.5 Å². The van der Waals surface area contributed by atoms with Crippen LogP contribution in [0.1, 0.15) is 50.2 Å². The van der Waals surface area contributed by atoms with Gasteiger partial charge in [-0.1, -0.05) is 18.9 Å². The van der Waals surface area contributed by atoms with Gasteiger partial charge in [0.2, 0.25) is 0 Å². The second-order valence-electron chi connectivity index (χ2n) is 6.20. The number of aliphatic hydroxyl groups is 1. The van der Waals surface area contributed by atoms with Gasteiger partial charge < -0.3 is 9.84 Å². The Hall–Kier alpha value is -1.07. The lowest BCUT2D eigenvalue weighted by Gasteiger charge is -2.40. The summed E-state index contributed by atoms with van der Waals surface area (Å²) in [6.45, 7) is 0.521. The fourth-order valence-corrected chi connectivity index (χ4v) is 3.73. The first-order valence-corrected chi connectivity index (χ1v) is 7.48. The van der Waals surface area contributed by atoms with Gasteiger partial charge in [-0.25, -0.2) is 13.2 Å². The Morgan fingerprint density at radius 3 is 2.57 bits per heavy atom. The van der Waals surface area contributed by atoms with Crippen molar-refractivity contribution < 1.29 is 23.0 Å². The maximum absolute atomic E-state index is 13.8. The van der Waals surface area contributed by atoms with E-state index in [-0.39, 0.29) is 17.1 Å². The quantitative estimate of drug-likeness (QED) is 0.840. The van der Waals surface area contributed by atoms with E-state index in [0.29, 0.717) is 19.4 Å². The van der Waals surface area contributed by atoms with Crippen LogP contribution in [0.3, 0.4) is 0 Å². The Labute approximate surface area is 121 Å². The van der Waals surface area contributed by atoms with E-state index in [0.717, 1.165) is 37.8 Å². The molecule has 1 spiro atoms. The summed E-state index contributed by atoms with van der Waals surface area (Å²) in [5, 5.41) is 10.4. The van der Waals surface area contributed by atoms with E-state index >= 15 is 0 Å². The standard InChI is InChI=1S/C16H19F3O2/c17-12-4-3-11(13(18)14(12)19)15(20)10-5-8-21-16(9-10)6-1-2-7-16/h3-4,10,15,20H,1-2,5-9H2. The van der Waals surface area contributed by atoms with Crippen molar-refractivity contribution in [2.45, 2.75) is 50.2 Å². The molecule has 2 unspecified atom stereocenters. The van der Waals surface area contributed by atoms with Crippen LogP contribution in [-0.2, 0) is 4.74 Å². The zero-order valence-corrected chi connectivity index (χ0v) is 11.7. The molecular weight excluding hydrogens is 281 g/mol. The average Bonchev–Trinajstić information content (AvgIpc) is 2.92. The molecule has 1 aliphatic carbocycles. The summed E-state index contributed by atoms with van der Waals surface area (Å²) in [6, 6.07) is 2.00. The Kier molecular flexibility index (Phi) is 3.97. The lowest BCUT2D eigenvalue weighted by molar-refractivity contribution is -0.113. The second-order valence-corrected chi connectivity index (χ2v) is 6.20. The molecular formula is C16H19F3O2. The molecule has 1 aliphatic heterocycles. The first-order valence-electron chi connectivity index (χ1n) is 7.48. The normalized spacial score (nSPS) is 26.2. The van der Waals surface area contributed by atoms with Crippen LogP contribution < -0.4 is 0 Å². The van der Waals surface area contributed by atoms with Crippen molar-refractivity contribution in [2.24, 2.45) is 5.92 Å². The molecule has 116 valence electrons. The van der Waals surface area contributed by atoms with Crippen LogP contribution in [0.5, 0.6) is 0 Å². The highest BCUT2D eigenvalue weighted by molar-refractivity contribution is 5.23. The largest absolute Gasteiger partial charge is 0.388 e. The molecule has 1 aromatic rings. The van der Waals surface area contributed by atoms with Crippen molar-refractivity contribution in [1.29, 1.82) is 0 Å². The van der Waals surface area contributed by atoms with Crippen LogP contribution in [0.4, 0.5) is 13.2 Å². The fourth-order valence-electron chi connectivity index (χ4n) is 3.73. The minimum atomic E-state index is -1.52. The number of hydrogen-bond donors (Lipinski definition) is 1. The summed E-state index contributed by atoms with van der Waals surface area (Å²) in [5.41, 5.74) is -0.368. The summed E-state index contributed by atoms with van der Waals surface area (Å²) in [4.78, 5) is 0. The van der Waals surface area contributed by atoms with Crippen molar-refractivity contribution in [3.63, 3.8) is 0 Å². The molecule has 0 amide bonds.